The summed E-state index contributed by atoms with van der Waals surface area (Å²) in [4.78, 5) is 0.142. The van der Waals surface area contributed by atoms with Gasteiger partial charge in [-0.15, -0.1) is 0 Å². The van der Waals surface area contributed by atoms with Crippen molar-refractivity contribution in [3.05, 3.63) is 63.5 Å². The van der Waals surface area contributed by atoms with Crippen LogP contribution >= 0.6 is 27.5 Å². The maximum atomic E-state index is 13.5. The minimum Gasteiger partial charge on any atom is -0.238 e. The van der Waals surface area contributed by atoms with Gasteiger partial charge in [0.15, 0.2) is 0 Å². The highest BCUT2D eigenvalue weighted by molar-refractivity contribution is 9.10. The molecule has 7 heteroatoms. The summed E-state index contributed by atoms with van der Waals surface area (Å²) in [5.41, 5.74) is 1.20. The highest BCUT2D eigenvalue weighted by Crippen LogP contribution is 2.34. The number of aromatic nitrogens is 1. The number of rotatable bonds is 2. The van der Waals surface area contributed by atoms with Gasteiger partial charge in [-0.25, -0.2) is 16.8 Å². The molecule has 0 bridgehead atoms. The average Bonchev–Trinajstić information content (AvgIpc) is 2.78. The lowest BCUT2D eigenvalue weighted by molar-refractivity contribution is 0.589. The molecule has 22 heavy (non-hydrogen) atoms. The number of hydrogen-bond acceptors (Lipinski definition) is 2. The molecule has 114 valence electrons. The van der Waals surface area contributed by atoms with Gasteiger partial charge in [-0.1, -0.05) is 29.3 Å². The number of aryl methyl sites for hydroxylation is 1. The fourth-order valence-corrected chi connectivity index (χ4v) is 4.60. The van der Waals surface area contributed by atoms with E-state index in [1.165, 1.54) is 24.4 Å². The van der Waals surface area contributed by atoms with E-state index in [1.54, 1.807) is 12.1 Å². The highest BCUT2D eigenvalue weighted by Gasteiger charge is 2.22. The maximum Gasteiger partial charge on any atom is 0.268 e. The van der Waals surface area contributed by atoms with Gasteiger partial charge in [0.05, 0.1) is 15.4 Å². The van der Waals surface area contributed by atoms with Crippen molar-refractivity contribution in [2.24, 2.45) is 0 Å². The third-order valence-electron chi connectivity index (χ3n) is 3.31. The second-order valence-electron chi connectivity index (χ2n) is 4.87. The third-order valence-corrected chi connectivity index (χ3v) is 5.91. The minimum absolute atomic E-state index is 0.0383. The zero-order valence-corrected chi connectivity index (χ0v) is 14.5. The van der Waals surface area contributed by atoms with E-state index in [9.17, 15) is 12.8 Å². The Balaban J connectivity index is 2.32. The van der Waals surface area contributed by atoms with Crippen molar-refractivity contribution in [3.8, 4) is 0 Å². The van der Waals surface area contributed by atoms with E-state index in [-0.39, 0.29) is 15.4 Å². The summed E-state index contributed by atoms with van der Waals surface area (Å²) in [6, 6.07) is 8.83. The lowest BCUT2D eigenvalue weighted by Gasteiger charge is -2.09. The first-order chi connectivity index (χ1) is 10.3. The first kappa shape index (κ1) is 15.5. The maximum absolute atomic E-state index is 13.5. The van der Waals surface area contributed by atoms with Crippen LogP contribution in [-0.4, -0.2) is 12.4 Å². The topological polar surface area (TPSA) is 39.1 Å². The van der Waals surface area contributed by atoms with E-state index >= 15 is 0 Å². The van der Waals surface area contributed by atoms with E-state index in [2.05, 4.69) is 15.9 Å². The Morgan fingerprint density at radius 2 is 1.82 bits per heavy atom. The van der Waals surface area contributed by atoms with Crippen LogP contribution in [0.3, 0.4) is 0 Å². The Morgan fingerprint density at radius 3 is 2.45 bits per heavy atom. The molecule has 0 aliphatic carbocycles. The number of fused-ring (bicyclic) bond motifs is 1. The van der Waals surface area contributed by atoms with Crippen LogP contribution in [0.25, 0.3) is 10.9 Å². The van der Waals surface area contributed by atoms with Crippen LogP contribution in [0.4, 0.5) is 4.39 Å². The normalized spacial score (nSPS) is 12.0. The molecular weight excluding hydrogens is 393 g/mol. The molecule has 0 unspecified atom stereocenters. The molecule has 0 atom stereocenters. The summed E-state index contributed by atoms with van der Waals surface area (Å²) in [7, 11) is -3.82. The quantitative estimate of drug-likeness (QED) is 0.621. The van der Waals surface area contributed by atoms with Gasteiger partial charge >= 0.3 is 0 Å². The van der Waals surface area contributed by atoms with E-state index < -0.39 is 15.8 Å². The second kappa shape index (κ2) is 5.37. The molecule has 0 N–H and O–H groups in total. The molecular formula is C15H10BrClFNO2S. The molecule has 3 aromatic rings. The van der Waals surface area contributed by atoms with Crippen molar-refractivity contribution in [1.82, 2.24) is 3.97 Å². The predicted octanol–water partition coefficient (Wildman–Crippen LogP) is 4.74. The molecule has 0 saturated carbocycles. The monoisotopic (exact) mass is 401 g/mol. The van der Waals surface area contributed by atoms with Crippen molar-refractivity contribution < 1.29 is 12.8 Å². The average molecular weight is 403 g/mol. The van der Waals surface area contributed by atoms with E-state index in [0.29, 0.717) is 9.86 Å². The van der Waals surface area contributed by atoms with Crippen molar-refractivity contribution in [1.29, 1.82) is 0 Å². The molecule has 0 saturated heterocycles. The van der Waals surface area contributed by atoms with Crippen LogP contribution in [0, 0.1) is 12.7 Å². The van der Waals surface area contributed by atoms with Gasteiger partial charge in [-0.3, -0.25) is 0 Å². The Morgan fingerprint density at radius 1 is 1.18 bits per heavy atom. The summed E-state index contributed by atoms with van der Waals surface area (Å²) in [5, 5.41) is 0.442. The first-order valence-corrected chi connectivity index (χ1v) is 8.89. The molecule has 3 rings (SSSR count). The van der Waals surface area contributed by atoms with E-state index in [0.717, 1.165) is 15.6 Å². The number of benzene rings is 2. The number of hydrogen-bond donors (Lipinski definition) is 0. The van der Waals surface area contributed by atoms with Crippen LogP contribution in [0.15, 0.2) is 52.0 Å². The van der Waals surface area contributed by atoms with Gasteiger partial charge in [0, 0.05) is 16.1 Å². The largest absolute Gasteiger partial charge is 0.268 e. The van der Waals surface area contributed by atoms with Crippen molar-refractivity contribution in [3.63, 3.8) is 0 Å². The smallest absolute Gasteiger partial charge is 0.238 e. The molecule has 1 aromatic heterocycles. The summed E-state index contributed by atoms with van der Waals surface area (Å²) >= 11 is 9.31. The molecule has 0 aliphatic rings. The van der Waals surface area contributed by atoms with Gasteiger partial charge in [0.25, 0.3) is 10.0 Å². The standard InChI is InChI=1S/C15H10BrClFNO2S/c1-9-2-4-11(5-3-9)22(20,21)19-8-13(16)12-6-10(18)7-14(17)15(12)19/h2-8H,1H3. The zero-order valence-electron chi connectivity index (χ0n) is 11.3. The predicted molar refractivity (Wildman–Crippen MR) is 88.4 cm³/mol. The van der Waals surface area contributed by atoms with Gasteiger partial charge in [-0.2, -0.15) is 0 Å². The summed E-state index contributed by atoms with van der Waals surface area (Å²) in [6.07, 6.45) is 1.38. The van der Waals surface area contributed by atoms with Gasteiger partial charge in [0.2, 0.25) is 0 Å². The zero-order chi connectivity index (χ0) is 16.1. The van der Waals surface area contributed by atoms with Crippen molar-refractivity contribution in [2.75, 3.05) is 0 Å². The summed E-state index contributed by atoms with van der Waals surface area (Å²) < 4.78 is 40.6. The van der Waals surface area contributed by atoms with Gasteiger partial charge in [0.1, 0.15) is 5.82 Å². The van der Waals surface area contributed by atoms with Crippen LogP contribution < -0.4 is 0 Å². The van der Waals surface area contributed by atoms with Crippen molar-refractivity contribution in [2.45, 2.75) is 11.8 Å². The molecule has 0 spiro atoms. The van der Waals surface area contributed by atoms with Gasteiger partial charge < -0.3 is 0 Å². The Labute approximate surface area is 140 Å². The SMILES string of the molecule is Cc1ccc(S(=O)(=O)n2cc(Br)c3cc(F)cc(Cl)c32)cc1. The first-order valence-electron chi connectivity index (χ1n) is 6.28. The van der Waals surface area contributed by atoms with Gasteiger partial charge in [-0.05, 0) is 47.1 Å². The lowest BCUT2D eigenvalue weighted by atomic mass is 10.2. The lowest BCUT2D eigenvalue weighted by Crippen LogP contribution is -2.12. The molecule has 3 nitrogen and oxygen atoms in total. The molecule has 0 aliphatic heterocycles. The van der Waals surface area contributed by atoms with Crippen LogP contribution in [-0.2, 0) is 10.0 Å². The Kier molecular flexibility index (Phi) is 3.79. The molecule has 0 fully saturated rings. The van der Waals surface area contributed by atoms with Crippen LogP contribution in [0.5, 0.6) is 0 Å². The fourth-order valence-electron chi connectivity index (χ4n) is 2.22. The van der Waals surface area contributed by atoms with E-state index in [1.807, 2.05) is 6.92 Å². The third kappa shape index (κ3) is 2.45. The van der Waals surface area contributed by atoms with Crippen molar-refractivity contribution >= 4 is 48.5 Å². The summed E-state index contributed by atoms with van der Waals surface area (Å²) in [5.74, 6) is -0.524. The van der Waals surface area contributed by atoms with Crippen LogP contribution in [0.1, 0.15) is 5.56 Å². The minimum atomic E-state index is -3.82. The number of nitrogens with zero attached hydrogens (tertiary/aromatic N) is 1. The van der Waals surface area contributed by atoms with Crippen LogP contribution in [0.2, 0.25) is 5.02 Å². The second-order valence-corrected chi connectivity index (χ2v) is 7.95. The Bertz CT molecular complexity index is 981. The molecule has 0 radical (unpaired) electrons. The van der Waals surface area contributed by atoms with E-state index in [4.69, 9.17) is 11.6 Å². The number of halogens is 3. The summed E-state index contributed by atoms with van der Waals surface area (Å²) in [6.45, 7) is 1.87. The Hall–Kier alpha value is -1.37. The molecule has 1 heterocycles. The molecule has 2 aromatic carbocycles. The fraction of sp³-hybridized carbons (Fsp3) is 0.0667. The molecule has 0 amide bonds. The highest BCUT2D eigenvalue weighted by atomic mass is 79.9.